The van der Waals surface area contributed by atoms with E-state index in [2.05, 4.69) is 5.32 Å². The van der Waals surface area contributed by atoms with E-state index in [1.54, 1.807) is 0 Å². The summed E-state index contributed by atoms with van der Waals surface area (Å²) < 4.78 is 5.44. The number of nitrogens with one attached hydrogen (secondary N) is 1. The first-order valence-corrected chi connectivity index (χ1v) is 8.11. The molecule has 2 rings (SSSR count). The maximum absolute atomic E-state index is 12.0. The lowest BCUT2D eigenvalue weighted by Gasteiger charge is -2.27. The molecule has 0 radical (unpaired) electrons. The molecular weight excluding hydrogens is 246 g/mol. The van der Waals surface area contributed by atoms with Crippen LogP contribution in [-0.4, -0.2) is 28.7 Å². The van der Waals surface area contributed by atoms with E-state index in [0.29, 0.717) is 5.37 Å². The van der Waals surface area contributed by atoms with Gasteiger partial charge in [0.2, 0.25) is 0 Å². The molecule has 1 unspecified atom stereocenters. The van der Waals surface area contributed by atoms with Gasteiger partial charge in [0.1, 0.15) is 11.6 Å². The summed E-state index contributed by atoms with van der Waals surface area (Å²) in [4.78, 5) is 12.0. The van der Waals surface area contributed by atoms with Gasteiger partial charge in [0.05, 0.1) is 5.37 Å². The van der Waals surface area contributed by atoms with E-state index < -0.39 is 0 Å². The Balaban J connectivity index is 1.82. The second-order valence-corrected chi connectivity index (χ2v) is 7.58. The molecule has 0 aromatic heterocycles. The fourth-order valence-corrected chi connectivity index (χ4v) is 4.15. The van der Waals surface area contributed by atoms with Crippen molar-refractivity contribution in [1.29, 1.82) is 0 Å². The van der Waals surface area contributed by atoms with Crippen molar-refractivity contribution in [3.63, 3.8) is 0 Å². The van der Waals surface area contributed by atoms with Gasteiger partial charge in [-0.25, -0.2) is 0 Å². The molecule has 0 amide bonds. The van der Waals surface area contributed by atoms with Crippen LogP contribution in [0.4, 0.5) is 0 Å². The van der Waals surface area contributed by atoms with Crippen molar-refractivity contribution in [3.8, 4) is 0 Å². The Hall–Kier alpha value is -0.220. The van der Waals surface area contributed by atoms with Gasteiger partial charge >= 0.3 is 5.97 Å². The standard InChI is InChI=1S/C14H25NO2S/c1-14(2,3)17-13(16)11-9-18-12(15-11)10-7-5-4-6-8-10/h10-12,15H,4-9H2,1-3H3/t11-,12?/m0/s1. The van der Waals surface area contributed by atoms with Gasteiger partial charge in [0.25, 0.3) is 0 Å². The topological polar surface area (TPSA) is 38.3 Å². The Morgan fingerprint density at radius 2 is 1.89 bits per heavy atom. The summed E-state index contributed by atoms with van der Waals surface area (Å²) in [6.07, 6.45) is 6.70. The summed E-state index contributed by atoms with van der Waals surface area (Å²) in [5, 5.41) is 3.93. The van der Waals surface area contributed by atoms with E-state index >= 15 is 0 Å². The summed E-state index contributed by atoms with van der Waals surface area (Å²) in [5.41, 5.74) is -0.383. The molecule has 1 N–H and O–H groups in total. The average molecular weight is 271 g/mol. The summed E-state index contributed by atoms with van der Waals surface area (Å²) in [6, 6.07) is -0.110. The molecule has 1 saturated carbocycles. The van der Waals surface area contributed by atoms with Crippen LogP contribution in [0.1, 0.15) is 52.9 Å². The molecule has 3 nitrogen and oxygen atoms in total. The molecule has 0 aromatic rings. The maximum atomic E-state index is 12.0. The third-order valence-electron chi connectivity index (χ3n) is 3.58. The van der Waals surface area contributed by atoms with Gasteiger partial charge in [0, 0.05) is 5.75 Å². The molecule has 2 fully saturated rings. The lowest BCUT2D eigenvalue weighted by atomic mass is 9.89. The normalized spacial score (nSPS) is 30.4. The smallest absolute Gasteiger partial charge is 0.324 e. The van der Waals surface area contributed by atoms with Crippen LogP contribution in [0.2, 0.25) is 0 Å². The number of hydrogen-bond donors (Lipinski definition) is 1. The van der Waals surface area contributed by atoms with Gasteiger partial charge < -0.3 is 4.74 Å². The Morgan fingerprint density at radius 1 is 1.22 bits per heavy atom. The first-order chi connectivity index (χ1) is 8.46. The third-order valence-corrected chi connectivity index (χ3v) is 4.98. The predicted octanol–water partition coefficient (Wildman–Crippen LogP) is 2.94. The van der Waals surface area contributed by atoms with Crippen LogP contribution in [0.5, 0.6) is 0 Å². The van der Waals surface area contributed by atoms with Gasteiger partial charge in [0.15, 0.2) is 0 Å². The van der Waals surface area contributed by atoms with Gasteiger partial charge in [-0.15, -0.1) is 11.8 Å². The summed E-state index contributed by atoms with van der Waals surface area (Å²) in [6.45, 7) is 5.77. The highest BCUT2D eigenvalue weighted by Crippen LogP contribution is 2.35. The zero-order chi connectivity index (χ0) is 13.2. The van der Waals surface area contributed by atoms with Gasteiger partial charge in [-0.1, -0.05) is 19.3 Å². The van der Waals surface area contributed by atoms with Gasteiger partial charge in [-0.2, -0.15) is 0 Å². The number of hydrogen-bond acceptors (Lipinski definition) is 4. The lowest BCUT2D eigenvalue weighted by Crippen LogP contribution is -2.43. The number of carbonyl (C=O) groups excluding carboxylic acids is 1. The van der Waals surface area contributed by atoms with Crippen molar-refractivity contribution in [2.75, 3.05) is 5.75 Å². The van der Waals surface area contributed by atoms with Crippen molar-refractivity contribution in [2.24, 2.45) is 5.92 Å². The quantitative estimate of drug-likeness (QED) is 0.784. The van der Waals surface area contributed by atoms with Crippen LogP contribution in [0, 0.1) is 5.92 Å². The number of carbonyl (C=O) groups is 1. The minimum Gasteiger partial charge on any atom is -0.459 e. The van der Waals surface area contributed by atoms with Crippen molar-refractivity contribution < 1.29 is 9.53 Å². The Labute approximate surface area is 114 Å². The molecule has 1 aliphatic carbocycles. The summed E-state index contributed by atoms with van der Waals surface area (Å²) in [5.74, 6) is 1.51. The van der Waals surface area contributed by atoms with Crippen molar-refractivity contribution >= 4 is 17.7 Å². The number of esters is 1. The Kier molecular flexibility index (Phi) is 4.59. The number of ether oxygens (including phenoxy) is 1. The molecule has 1 heterocycles. The van der Waals surface area contributed by atoms with Gasteiger partial charge in [-0.3, -0.25) is 10.1 Å². The average Bonchev–Trinajstić information content (AvgIpc) is 2.77. The molecule has 0 spiro atoms. The monoisotopic (exact) mass is 271 g/mol. The Morgan fingerprint density at radius 3 is 2.50 bits per heavy atom. The van der Waals surface area contributed by atoms with E-state index in [-0.39, 0.29) is 17.6 Å². The summed E-state index contributed by atoms with van der Waals surface area (Å²) >= 11 is 1.90. The SMILES string of the molecule is CC(C)(C)OC(=O)[C@@H]1CSC(C2CCCCC2)N1. The van der Waals surface area contributed by atoms with E-state index in [0.717, 1.165) is 11.7 Å². The van der Waals surface area contributed by atoms with E-state index in [9.17, 15) is 4.79 Å². The maximum Gasteiger partial charge on any atom is 0.324 e. The van der Waals surface area contributed by atoms with E-state index in [4.69, 9.17) is 4.74 Å². The first kappa shape index (κ1) is 14.2. The molecule has 0 aromatic carbocycles. The fourth-order valence-electron chi connectivity index (χ4n) is 2.71. The lowest BCUT2D eigenvalue weighted by molar-refractivity contribution is -0.156. The highest BCUT2D eigenvalue weighted by Gasteiger charge is 2.36. The fraction of sp³-hybridized carbons (Fsp3) is 0.929. The minimum absolute atomic E-state index is 0.0895. The molecule has 1 aliphatic heterocycles. The van der Waals surface area contributed by atoms with Crippen LogP contribution in [0.15, 0.2) is 0 Å². The van der Waals surface area contributed by atoms with Crippen LogP contribution in [0.3, 0.4) is 0 Å². The molecular formula is C14H25NO2S. The van der Waals surface area contributed by atoms with E-state index in [1.807, 2.05) is 32.5 Å². The molecule has 1 saturated heterocycles. The predicted molar refractivity (Wildman–Crippen MR) is 75.6 cm³/mol. The second-order valence-electron chi connectivity index (χ2n) is 6.40. The van der Waals surface area contributed by atoms with Crippen LogP contribution >= 0.6 is 11.8 Å². The third kappa shape index (κ3) is 3.89. The molecule has 2 aliphatic rings. The van der Waals surface area contributed by atoms with Crippen LogP contribution in [-0.2, 0) is 9.53 Å². The molecule has 2 atom stereocenters. The minimum atomic E-state index is -0.383. The van der Waals surface area contributed by atoms with Gasteiger partial charge in [-0.05, 0) is 39.5 Å². The summed E-state index contributed by atoms with van der Waals surface area (Å²) in [7, 11) is 0. The van der Waals surface area contributed by atoms with Crippen LogP contribution in [0.25, 0.3) is 0 Å². The van der Waals surface area contributed by atoms with Crippen LogP contribution < -0.4 is 5.32 Å². The Bertz CT molecular complexity index is 295. The number of rotatable bonds is 2. The highest BCUT2D eigenvalue weighted by molar-refractivity contribution is 8.00. The van der Waals surface area contributed by atoms with Crippen molar-refractivity contribution in [1.82, 2.24) is 5.32 Å². The van der Waals surface area contributed by atoms with E-state index in [1.165, 1.54) is 32.1 Å². The van der Waals surface area contributed by atoms with Crippen molar-refractivity contribution in [2.45, 2.75) is 69.9 Å². The number of thioether (sulfide) groups is 1. The molecule has 18 heavy (non-hydrogen) atoms. The second kappa shape index (κ2) is 5.83. The zero-order valence-corrected chi connectivity index (χ0v) is 12.5. The molecule has 0 bridgehead atoms. The van der Waals surface area contributed by atoms with Crippen molar-refractivity contribution in [3.05, 3.63) is 0 Å². The molecule has 4 heteroatoms. The zero-order valence-electron chi connectivity index (χ0n) is 11.7. The first-order valence-electron chi connectivity index (χ1n) is 7.06. The molecule has 104 valence electrons. The highest BCUT2D eigenvalue weighted by atomic mass is 32.2. The largest absolute Gasteiger partial charge is 0.459 e.